The number of nitrogens with zero attached hydrogens (tertiary/aromatic N) is 2. The fourth-order valence-corrected chi connectivity index (χ4v) is 1.27. The molecule has 0 aromatic carbocycles. The lowest BCUT2D eigenvalue weighted by molar-refractivity contribution is -0.144. The van der Waals surface area contributed by atoms with E-state index in [9.17, 15) is 9.59 Å². The third-order valence-corrected chi connectivity index (χ3v) is 2.28. The van der Waals surface area contributed by atoms with Gasteiger partial charge in [0.15, 0.2) is 0 Å². The number of hydrogen-bond acceptors (Lipinski definition) is 2. The van der Waals surface area contributed by atoms with Gasteiger partial charge in [0, 0.05) is 19.6 Å². The van der Waals surface area contributed by atoms with Gasteiger partial charge in [0.1, 0.15) is 6.54 Å². The van der Waals surface area contributed by atoms with Crippen LogP contribution in [0.2, 0.25) is 0 Å². The minimum atomic E-state index is -0.409. The molecule has 1 saturated heterocycles. The van der Waals surface area contributed by atoms with Crippen molar-refractivity contribution in [3.8, 4) is 12.3 Å². The number of carbonyl (C=O) groups is 2. The van der Waals surface area contributed by atoms with Gasteiger partial charge < -0.3 is 9.80 Å². The third-order valence-electron chi connectivity index (χ3n) is 2.28. The number of carbonyl (C=O) groups excluding carboxylic acids is 2. The lowest BCUT2D eigenvalue weighted by Crippen LogP contribution is -2.54. The summed E-state index contributed by atoms with van der Waals surface area (Å²) in [7, 11) is 1.73. The monoisotopic (exact) mass is 180 g/mol. The van der Waals surface area contributed by atoms with Crippen molar-refractivity contribution in [2.24, 2.45) is 0 Å². The topological polar surface area (TPSA) is 40.6 Å². The summed E-state index contributed by atoms with van der Waals surface area (Å²) in [6, 6.07) is 0.0403. The first-order valence-electron chi connectivity index (χ1n) is 4.07. The van der Waals surface area contributed by atoms with Crippen LogP contribution in [-0.2, 0) is 9.59 Å². The molecule has 1 unspecified atom stereocenters. The highest BCUT2D eigenvalue weighted by atomic mass is 16.2. The van der Waals surface area contributed by atoms with Crippen LogP contribution in [0.4, 0.5) is 0 Å². The van der Waals surface area contributed by atoms with E-state index >= 15 is 0 Å². The van der Waals surface area contributed by atoms with Crippen LogP contribution in [0.1, 0.15) is 6.92 Å². The molecule has 13 heavy (non-hydrogen) atoms. The van der Waals surface area contributed by atoms with Crippen LogP contribution in [0, 0.1) is 12.3 Å². The Morgan fingerprint density at radius 2 is 2.31 bits per heavy atom. The van der Waals surface area contributed by atoms with E-state index < -0.39 is 5.91 Å². The quantitative estimate of drug-likeness (QED) is 0.463. The maximum Gasteiger partial charge on any atom is 0.298 e. The summed E-state index contributed by atoms with van der Waals surface area (Å²) in [5.74, 6) is 1.53. The molecule has 1 heterocycles. The molecule has 0 spiro atoms. The Balaban J connectivity index is 2.70. The molecule has 1 aliphatic rings. The molecule has 2 amide bonds. The van der Waals surface area contributed by atoms with Gasteiger partial charge in [-0.15, -0.1) is 6.42 Å². The second-order valence-corrected chi connectivity index (χ2v) is 3.18. The van der Waals surface area contributed by atoms with Gasteiger partial charge in [0.25, 0.3) is 5.91 Å². The summed E-state index contributed by atoms with van der Waals surface area (Å²) < 4.78 is 0. The smallest absolute Gasteiger partial charge is 0.298 e. The molecule has 4 nitrogen and oxygen atoms in total. The van der Waals surface area contributed by atoms with E-state index in [1.165, 1.54) is 4.90 Å². The average Bonchev–Trinajstić information content (AvgIpc) is 2.12. The van der Waals surface area contributed by atoms with Gasteiger partial charge in [-0.1, -0.05) is 0 Å². The molecule has 70 valence electrons. The Kier molecular flexibility index (Phi) is 2.57. The van der Waals surface area contributed by atoms with E-state index in [4.69, 9.17) is 6.42 Å². The minimum absolute atomic E-state index is 0.0403. The predicted molar refractivity (Wildman–Crippen MR) is 47.6 cm³/mol. The van der Waals surface area contributed by atoms with Crippen molar-refractivity contribution in [3.05, 3.63) is 0 Å². The zero-order valence-electron chi connectivity index (χ0n) is 7.78. The molecule has 1 fully saturated rings. The largest absolute Gasteiger partial charge is 0.340 e. The zero-order chi connectivity index (χ0) is 10.0. The number of amides is 2. The summed E-state index contributed by atoms with van der Waals surface area (Å²) in [4.78, 5) is 25.4. The zero-order valence-corrected chi connectivity index (χ0v) is 7.78. The number of hydrogen-bond donors (Lipinski definition) is 0. The van der Waals surface area contributed by atoms with Crippen LogP contribution in [-0.4, -0.2) is 47.8 Å². The second-order valence-electron chi connectivity index (χ2n) is 3.18. The van der Waals surface area contributed by atoms with Gasteiger partial charge in [-0.3, -0.25) is 9.59 Å². The van der Waals surface area contributed by atoms with E-state index in [0.717, 1.165) is 0 Å². The van der Waals surface area contributed by atoms with Gasteiger partial charge in [-0.25, -0.2) is 0 Å². The number of piperazine rings is 1. The van der Waals surface area contributed by atoms with Crippen molar-refractivity contribution in [3.63, 3.8) is 0 Å². The van der Waals surface area contributed by atoms with Gasteiger partial charge in [0.2, 0.25) is 5.91 Å². The van der Waals surface area contributed by atoms with Crippen LogP contribution < -0.4 is 0 Å². The maximum absolute atomic E-state index is 11.3. The molecule has 1 aliphatic heterocycles. The minimum Gasteiger partial charge on any atom is -0.340 e. The number of terminal acetylenes is 1. The van der Waals surface area contributed by atoms with Gasteiger partial charge in [0.05, 0.1) is 0 Å². The van der Waals surface area contributed by atoms with Crippen LogP contribution in [0.25, 0.3) is 0 Å². The highest BCUT2D eigenvalue weighted by Gasteiger charge is 2.28. The fourth-order valence-electron chi connectivity index (χ4n) is 1.27. The maximum atomic E-state index is 11.3. The van der Waals surface area contributed by atoms with Gasteiger partial charge >= 0.3 is 0 Å². The van der Waals surface area contributed by atoms with E-state index in [0.29, 0.717) is 6.54 Å². The first-order valence-corrected chi connectivity index (χ1v) is 4.07. The summed E-state index contributed by atoms with van der Waals surface area (Å²) in [5, 5.41) is 0. The van der Waals surface area contributed by atoms with Crippen molar-refractivity contribution in [1.82, 2.24) is 9.80 Å². The van der Waals surface area contributed by atoms with Crippen molar-refractivity contribution < 1.29 is 9.59 Å². The lowest BCUT2D eigenvalue weighted by Gasteiger charge is -2.36. The summed E-state index contributed by atoms with van der Waals surface area (Å²) in [6.45, 7) is 2.50. The number of likely N-dealkylation sites (N-methyl/N-ethyl adjacent to an activating group) is 1. The summed E-state index contributed by atoms with van der Waals surface area (Å²) in [6.07, 6.45) is 4.96. The predicted octanol–water partition coefficient (Wildman–Crippen LogP) is -0.691. The van der Waals surface area contributed by atoms with Crippen molar-refractivity contribution in [2.75, 3.05) is 20.1 Å². The summed E-state index contributed by atoms with van der Waals surface area (Å²) >= 11 is 0. The van der Waals surface area contributed by atoms with E-state index in [-0.39, 0.29) is 18.5 Å². The van der Waals surface area contributed by atoms with Gasteiger partial charge in [-0.2, -0.15) is 0 Å². The summed E-state index contributed by atoms with van der Waals surface area (Å²) in [5.41, 5.74) is 0. The first-order chi connectivity index (χ1) is 6.06. The first kappa shape index (κ1) is 9.59. The molecule has 0 aliphatic carbocycles. The number of rotatable bonds is 0. The average molecular weight is 180 g/mol. The van der Waals surface area contributed by atoms with Crippen LogP contribution in [0.5, 0.6) is 0 Å². The molecule has 0 aromatic heterocycles. The normalized spacial score (nSPS) is 22.8. The van der Waals surface area contributed by atoms with Crippen LogP contribution in [0.15, 0.2) is 0 Å². The second kappa shape index (κ2) is 3.48. The van der Waals surface area contributed by atoms with Crippen molar-refractivity contribution in [2.45, 2.75) is 13.0 Å². The van der Waals surface area contributed by atoms with Crippen LogP contribution in [0.3, 0.4) is 0 Å². The molecule has 1 rings (SSSR count). The fraction of sp³-hybridized carbons (Fsp3) is 0.556. The molecule has 0 radical (unpaired) electrons. The molecule has 1 atom stereocenters. The van der Waals surface area contributed by atoms with Crippen LogP contribution >= 0.6 is 0 Å². The van der Waals surface area contributed by atoms with Crippen molar-refractivity contribution in [1.29, 1.82) is 0 Å². The highest BCUT2D eigenvalue weighted by Crippen LogP contribution is 2.07. The molecular weight excluding hydrogens is 168 g/mol. The molecular formula is C9H12N2O2. The Morgan fingerprint density at radius 3 is 2.77 bits per heavy atom. The molecule has 4 heteroatoms. The Morgan fingerprint density at radius 1 is 1.69 bits per heavy atom. The van der Waals surface area contributed by atoms with E-state index in [1.54, 1.807) is 11.9 Å². The van der Waals surface area contributed by atoms with Gasteiger partial charge in [-0.05, 0) is 12.8 Å². The molecule has 0 bridgehead atoms. The Labute approximate surface area is 77.5 Å². The molecule has 0 aromatic rings. The lowest BCUT2D eigenvalue weighted by atomic mass is 10.2. The third kappa shape index (κ3) is 1.81. The van der Waals surface area contributed by atoms with Crippen molar-refractivity contribution >= 4 is 11.8 Å². The SMILES string of the molecule is C#CC(=O)N1CC(=O)N(C)C(C)C1. The standard InChI is InChI=1S/C9H12N2O2/c1-4-8(12)11-5-7(2)10(3)9(13)6-11/h1,7H,5-6H2,2-3H3. The Bertz CT molecular complexity index is 280. The van der Waals surface area contributed by atoms with E-state index in [1.807, 2.05) is 12.8 Å². The molecule has 0 saturated carbocycles. The Hall–Kier alpha value is -1.50. The molecule has 0 N–H and O–H groups in total. The van der Waals surface area contributed by atoms with E-state index in [2.05, 4.69) is 0 Å². The highest BCUT2D eigenvalue weighted by molar-refractivity contribution is 5.96.